The van der Waals surface area contributed by atoms with Crippen LogP contribution in [0.15, 0.2) is 42.5 Å². The number of hydrogen-bond donors (Lipinski definition) is 3. The summed E-state index contributed by atoms with van der Waals surface area (Å²) >= 11 is 0. The molecular weight excluding hydrogens is 294 g/mol. The van der Waals surface area contributed by atoms with Crippen molar-refractivity contribution in [2.45, 2.75) is 19.8 Å². The fourth-order valence-corrected chi connectivity index (χ4v) is 2.20. The lowest BCUT2D eigenvalue weighted by Gasteiger charge is -2.10. The number of hydrogen-bond acceptors (Lipinski definition) is 4. The molecule has 0 spiro atoms. The summed E-state index contributed by atoms with van der Waals surface area (Å²) < 4.78 is 5.54. The maximum atomic E-state index is 11.8. The Kier molecular flexibility index (Phi) is 5.86. The number of carbonyl (C=O) groups is 1. The smallest absolute Gasteiger partial charge is 0.257 e. The van der Waals surface area contributed by atoms with E-state index in [0.29, 0.717) is 13.0 Å². The number of aryl methyl sites for hydroxylation is 1. The SMILES string of the molecule is CCc1ccccc1OCC(=O)NCCc1ccc(O)c(O)c1. The number of nitrogens with one attached hydrogen (secondary N) is 1. The summed E-state index contributed by atoms with van der Waals surface area (Å²) in [5.74, 6) is 0.224. The van der Waals surface area contributed by atoms with Crippen LogP contribution in [0.5, 0.6) is 17.2 Å². The summed E-state index contributed by atoms with van der Waals surface area (Å²) in [4.78, 5) is 11.8. The van der Waals surface area contributed by atoms with Crippen LogP contribution in [0, 0.1) is 0 Å². The third kappa shape index (κ3) is 4.92. The normalized spacial score (nSPS) is 10.3. The molecule has 0 aliphatic heterocycles. The highest BCUT2D eigenvalue weighted by Gasteiger charge is 2.06. The number of amides is 1. The third-order valence-corrected chi connectivity index (χ3v) is 3.49. The highest BCUT2D eigenvalue weighted by atomic mass is 16.5. The molecule has 122 valence electrons. The Morgan fingerprint density at radius 3 is 2.65 bits per heavy atom. The van der Waals surface area contributed by atoms with Gasteiger partial charge in [0.1, 0.15) is 5.75 Å². The first-order valence-corrected chi connectivity index (χ1v) is 7.58. The van der Waals surface area contributed by atoms with Crippen molar-refractivity contribution in [3.8, 4) is 17.2 Å². The molecule has 0 saturated carbocycles. The predicted octanol–water partition coefficient (Wildman–Crippen LogP) is 2.40. The van der Waals surface area contributed by atoms with Crippen molar-refractivity contribution >= 4 is 5.91 Å². The average Bonchev–Trinajstić information content (AvgIpc) is 2.56. The first kappa shape index (κ1) is 16.7. The summed E-state index contributed by atoms with van der Waals surface area (Å²) in [5.41, 5.74) is 1.90. The molecule has 0 aliphatic carbocycles. The lowest BCUT2D eigenvalue weighted by molar-refractivity contribution is -0.123. The van der Waals surface area contributed by atoms with Gasteiger partial charge < -0.3 is 20.3 Å². The van der Waals surface area contributed by atoms with E-state index in [0.717, 1.165) is 23.3 Å². The maximum Gasteiger partial charge on any atom is 0.257 e. The highest BCUT2D eigenvalue weighted by Crippen LogP contribution is 2.24. The number of benzene rings is 2. The van der Waals surface area contributed by atoms with Crippen LogP contribution in [0.4, 0.5) is 0 Å². The molecule has 23 heavy (non-hydrogen) atoms. The Morgan fingerprint density at radius 1 is 1.13 bits per heavy atom. The van der Waals surface area contributed by atoms with E-state index in [1.807, 2.05) is 31.2 Å². The van der Waals surface area contributed by atoms with E-state index >= 15 is 0 Å². The van der Waals surface area contributed by atoms with Crippen LogP contribution in [0.2, 0.25) is 0 Å². The fourth-order valence-electron chi connectivity index (χ4n) is 2.20. The van der Waals surface area contributed by atoms with Crippen molar-refractivity contribution in [2.24, 2.45) is 0 Å². The van der Waals surface area contributed by atoms with Gasteiger partial charge in [0.05, 0.1) is 0 Å². The van der Waals surface area contributed by atoms with Gasteiger partial charge in [0.25, 0.3) is 5.91 Å². The van der Waals surface area contributed by atoms with Gasteiger partial charge in [-0.1, -0.05) is 31.2 Å². The van der Waals surface area contributed by atoms with Gasteiger partial charge in [0.2, 0.25) is 0 Å². The van der Waals surface area contributed by atoms with Crippen molar-refractivity contribution in [3.63, 3.8) is 0 Å². The largest absolute Gasteiger partial charge is 0.504 e. The van der Waals surface area contributed by atoms with Gasteiger partial charge >= 0.3 is 0 Å². The summed E-state index contributed by atoms with van der Waals surface area (Å²) in [6.45, 7) is 2.44. The molecule has 0 fully saturated rings. The van der Waals surface area contributed by atoms with Crippen LogP contribution >= 0.6 is 0 Å². The molecule has 3 N–H and O–H groups in total. The summed E-state index contributed by atoms with van der Waals surface area (Å²) in [7, 11) is 0. The fraction of sp³-hybridized carbons (Fsp3) is 0.278. The van der Waals surface area contributed by atoms with Crippen LogP contribution in [-0.2, 0) is 17.6 Å². The van der Waals surface area contributed by atoms with E-state index in [-0.39, 0.29) is 24.0 Å². The van der Waals surface area contributed by atoms with Crippen molar-refractivity contribution in [1.29, 1.82) is 0 Å². The second-order valence-electron chi connectivity index (χ2n) is 5.17. The maximum absolute atomic E-state index is 11.8. The number of phenols is 2. The Bertz CT molecular complexity index is 670. The number of carbonyl (C=O) groups excluding carboxylic acids is 1. The Balaban J connectivity index is 1.76. The van der Waals surface area contributed by atoms with Crippen LogP contribution in [-0.4, -0.2) is 29.3 Å². The van der Waals surface area contributed by atoms with Gasteiger partial charge in [-0.15, -0.1) is 0 Å². The van der Waals surface area contributed by atoms with Gasteiger partial charge in [0.15, 0.2) is 18.1 Å². The van der Waals surface area contributed by atoms with Crippen LogP contribution < -0.4 is 10.1 Å². The minimum atomic E-state index is -0.195. The lowest BCUT2D eigenvalue weighted by atomic mass is 10.1. The average molecular weight is 315 g/mol. The Labute approximate surface area is 135 Å². The van der Waals surface area contributed by atoms with E-state index in [2.05, 4.69) is 5.32 Å². The number of aromatic hydroxyl groups is 2. The third-order valence-electron chi connectivity index (χ3n) is 3.49. The first-order valence-electron chi connectivity index (χ1n) is 7.58. The van der Waals surface area contributed by atoms with E-state index in [4.69, 9.17) is 4.74 Å². The van der Waals surface area contributed by atoms with Gasteiger partial charge in [-0.25, -0.2) is 0 Å². The number of ether oxygens (including phenoxy) is 1. The van der Waals surface area contributed by atoms with Crippen molar-refractivity contribution in [3.05, 3.63) is 53.6 Å². The van der Waals surface area contributed by atoms with Crippen molar-refractivity contribution in [2.75, 3.05) is 13.2 Å². The Hall–Kier alpha value is -2.69. The highest BCUT2D eigenvalue weighted by molar-refractivity contribution is 5.77. The lowest BCUT2D eigenvalue weighted by Crippen LogP contribution is -2.30. The zero-order valence-electron chi connectivity index (χ0n) is 13.1. The molecule has 0 aliphatic rings. The quantitative estimate of drug-likeness (QED) is 0.686. The second kappa shape index (κ2) is 8.08. The van der Waals surface area contributed by atoms with Crippen molar-refractivity contribution < 1.29 is 19.7 Å². The zero-order valence-corrected chi connectivity index (χ0v) is 13.1. The molecule has 2 aromatic rings. The predicted molar refractivity (Wildman–Crippen MR) is 87.8 cm³/mol. The molecule has 0 saturated heterocycles. The molecule has 0 heterocycles. The molecule has 2 rings (SSSR count). The van der Waals surface area contributed by atoms with E-state index in [9.17, 15) is 15.0 Å². The molecule has 0 radical (unpaired) electrons. The van der Waals surface area contributed by atoms with Crippen LogP contribution in [0.1, 0.15) is 18.1 Å². The summed E-state index contributed by atoms with van der Waals surface area (Å²) in [6.07, 6.45) is 1.41. The second-order valence-corrected chi connectivity index (χ2v) is 5.17. The standard InChI is InChI=1S/C18H21NO4/c1-2-14-5-3-4-6-17(14)23-12-18(22)19-10-9-13-7-8-15(20)16(21)11-13/h3-8,11,20-21H,2,9-10,12H2,1H3,(H,19,22). The number of phenolic OH excluding ortho intramolecular Hbond substituents is 2. The van der Waals surface area contributed by atoms with Crippen LogP contribution in [0.25, 0.3) is 0 Å². The zero-order chi connectivity index (χ0) is 16.7. The van der Waals surface area contributed by atoms with E-state index in [1.165, 1.54) is 12.1 Å². The van der Waals surface area contributed by atoms with E-state index < -0.39 is 0 Å². The molecule has 0 bridgehead atoms. The monoisotopic (exact) mass is 315 g/mol. The molecule has 1 amide bonds. The molecule has 5 heteroatoms. The molecule has 0 unspecified atom stereocenters. The molecule has 5 nitrogen and oxygen atoms in total. The minimum Gasteiger partial charge on any atom is -0.504 e. The Morgan fingerprint density at radius 2 is 1.91 bits per heavy atom. The van der Waals surface area contributed by atoms with Gasteiger partial charge in [0, 0.05) is 6.54 Å². The first-order chi connectivity index (χ1) is 11.1. The molecule has 0 aromatic heterocycles. The summed E-state index contributed by atoms with van der Waals surface area (Å²) in [5, 5.41) is 21.4. The molecule has 0 atom stereocenters. The van der Waals surface area contributed by atoms with Gasteiger partial charge in [-0.2, -0.15) is 0 Å². The van der Waals surface area contributed by atoms with E-state index in [1.54, 1.807) is 6.07 Å². The van der Waals surface area contributed by atoms with Gasteiger partial charge in [-0.3, -0.25) is 4.79 Å². The van der Waals surface area contributed by atoms with Crippen molar-refractivity contribution in [1.82, 2.24) is 5.32 Å². The minimum absolute atomic E-state index is 0.0299. The number of para-hydroxylation sites is 1. The summed E-state index contributed by atoms with van der Waals surface area (Å²) in [6, 6.07) is 12.3. The molecule has 2 aromatic carbocycles. The molecular formula is C18H21NO4. The topological polar surface area (TPSA) is 78.8 Å². The van der Waals surface area contributed by atoms with Gasteiger partial charge in [-0.05, 0) is 42.2 Å². The number of rotatable bonds is 7. The van der Waals surface area contributed by atoms with Crippen LogP contribution in [0.3, 0.4) is 0 Å².